The van der Waals surface area contributed by atoms with E-state index < -0.39 is 11.6 Å². The number of ketones is 2. The molecule has 7 heteroatoms. The summed E-state index contributed by atoms with van der Waals surface area (Å²) in [6, 6.07) is 20.4. The Bertz CT molecular complexity index is 1100. The number of carbonyl (C=O) groups excluding carboxylic acids is 3. The minimum atomic E-state index is -0.409. The second-order valence-electron chi connectivity index (χ2n) is 6.84. The van der Waals surface area contributed by atoms with E-state index in [2.05, 4.69) is 0 Å². The third kappa shape index (κ3) is 4.22. The van der Waals surface area contributed by atoms with Crippen LogP contribution in [0.5, 0.6) is 0 Å². The summed E-state index contributed by atoms with van der Waals surface area (Å²) in [5.74, 6) is -1.01. The van der Waals surface area contributed by atoms with E-state index in [0.717, 1.165) is 0 Å². The van der Waals surface area contributed by atoms with Gasteiger partial charge in [-0.05, 0) is 24.4 Å². The average Bonchev–Trinajstić information content (AvgIpc) is 3.48. The van der Waals surface area contributed by atoms with Crippen LogP contribution in [0.4, 0.5) is 0 Å². The topological polar surface area (TPSA) is 70.8 Å². The quantitative estimate of drug-likeness (QED) is 0.194. The van der Waals surface area contributed by atoms with E-state index in [1.54, 1.807) is 77.7 Å². The first-order valence-electron chi connectivity index (χ1n) is 9.63. The summed E-state index contributed by atoms with van der Waals surface area (Å²) in [4.78, 5) is 42.0. The maximum Gasteiger partial charge on any atom is 0.295 e. The number of thiocarbonyl (C=S) groups is 1. The summed E-state index contributed by atoms with van der Waals surface area (Å²) in [5, 5.41) is 0.209. The molecule has 31 heavy (non-hydrogen) atoms. The zero-order valence-corrected chi connectivity index (χ0v) is 17.2. The van der Waals surface area contributed by atoms with Crippen LogP contribution in [0.25, 0.3) is 0 Å². The third-order valence-corrected chi connectivity index (χ3v) is 5.32. The van der Waals surface area contributed by atoms with Gasteiger partial charge in [0, 0.05) is 30.4 Å². The van der Waals surface area contributed by atoms with Crippen LogP contribution in [0, 0.1) is 0 Å². The maximum absolute atomic E-state index is 13.2. The van der Waals surface area contributed by atoms with Gasteiger partial charge in [-0.3, -0.25) is 19.3 Å². The Labute approximate surface area is 184 Å². The number of benzene rings is 2. The van der Waals surface area contributed by atoms with Crippen LogP contribution in [0.15, 0.2) is 95.2 Å². The summed E-state index contributed by atoms with van der Waals surface area (Å²) in [6.07, 6.45) is 2.86. The summed E-state index contributed by atoms with van der Waals surface area (Å²) >= 11 is 5.46. The van der Waals surface area contributed by atoms with Crippen molar-refractivity contribution in [3.05, 3.63) is 108 Å². The fourth-order valence-electron chi connectivity index (χ4n) is 3.26. The van der Waals surface area contributed by atoms with Gasteiger partial charge in [0.15, 0.2) is 22.4 Å². The predicted molar refractivity (Wildman–Crippen MR) is 119 cm³/mol. The van der Waals surface area contributed by atoms with Gasteiger partial charge in [0.1, 0.15) is 0 Å². The molecule has 1 aliphatic rings. The molecule has 1 aliphatic heterocycles. The lowest BCUT2D eigenvalue weighted by atomic mass is 9.96. The SMILES string of the molecule is O=C(C(=CN1CCN(C(=O)c2ccco2)C1=S)C(=O)c1ccccc1)c1ccccc1. The minimum absolute atomic E-state index is 0.0213. The Morgan fingerprint density at radius 1 is 0.806 bits per heavy atom. The molecular formula is C24H18N2O4S. The Morgan fingerprint density at radius 2 is 1.39 bits per heavy atom. The summed E-state index contributed by atoms with van der Waals surface area (Å²) in [6.45, 7) is 0.681. The standard InChI is InChI=1S/C24H18N2O4S/c27-21(17-8-3-1-4-9-17)19(22(28)18-10-5-2-6-11-18)16-25-13-14-26(24(25)31)23(29)20-12-7-15-30-20/h1-12,15-16H,13-14H2. The number of allylic oxidation sites excluding steroid dienone is 1. The Hall–Kier alpha value is -3.84. The van der Waals surface area contributed by atoms with Crippen LogP contribution in [0.3, 0.4) is 0 Å². The average molecular weight is 430 g/mol. The molecule has 3 aromatic rings. The van der Waals surface area contributed by atoms with E-state index in [-0.39, 0.29) is 22.4 Å². The zero-order valence-electron chi connectivity index (χ0n) is 16.4. The van der Waals surface area contributed by atoms with E-state index in [1.165, 1.54) is 17.4 Å². The highest BCUT2D eigenvalue weighted by Gasteiger charge is 2.32. The first-order valence-corrected chi connectivity index (χ1v) is 10.0. The van der Waals surface area contributed by atoms with Gasteiger partial charge in [-0.25, -0.2) is 0 Å². The first-order chi connectivity index (χ1) is 15.1. The lowest BCUT2D eigenvalue weighted by Crippen LogP contribution is -2.34. The van der Waals surface area contributed by atoms with Crippen LogP contribution in [-0.2, 0) is 0 Å². The smallest absolute Gasteiger partial charge is 0.295 e. The van der Waals surface area contributed by atoms with Crippen molar-refractivity contribution in [2.45, 2.75) is 0 Å². The van der Waals surface area contributed by atoms with Gasteiger partial charge in [0.2, 0.25) is 0 Å². The van der Waals surface area contributed by atoms with Gasteiger partial charge < -0.3 is 9.32 Å². The maximum atomic E-state index is 13.2. The molecule has 4 rings (SSSR count). The summed E-state index contributed by atoms with van der Waals surface area (Å²) in [5.41, 5.74) is 0.769. The van der Waals surface area contributed by atoms with E-state index in [9.17, 15) is 14.4 Å². The first kappa shape index (κ1) is 20.4. The van der Waals surface area contributed by atoms with Gasteiger partial charge in [-0.15, -0.1) is 0 Å². The molecule has 154 valence electrons. The normalized spacial score (nSPS) is 13.2. The number of amides is 1. The van der Waals surface area contributed by atoms with Crippen molar-refractivity contribution in [3.63, 3.8) is 0 Å². The highest BCUT2D eigenvalue weighted by atomic mass is 32.1. The Balaban J connectivity index is 1.66. The lowest BCUT2D eigenvalue weighted by Gasteiger charge is -2.18. The van der Waals surface area contributed by atoms with Crippen LogP contribution >= 0.6 is 12.2 Å². The molecule has 1 fully saturated rings. The molecule has 1 aromatic heterocycles. The Kier molecular flexibility index (Phi) is 5.86. The van der Waals surface area contributed by atoms with Gasteiger partial charge >= 0.3 is 0 Å². The van der Waals surface area contributed by atoms with Crippen molar-refractivity contribution in [1.82, 2.24) is 9.80 Å². The highest BCUT2D eigenvalue weighted by molar-refractivity contribution is 7.80. The van der Waals surface area contributed by atoms with E-state index in [4.69, 9.17) is 16.6 Å². The minimum Gasteiger partial charge on any atom is -0.459 e. The van der Waals surface area contributed by atoms with Crippen LogP contribution in [-0.4, -0.2) is 45.5 Å². The number of Topliss-reactive ketones (excluding diaryl/α,β-unsaturated/α-hetero) is 2. The number of furan rings is 1. The molecule has 0 aliphatic carbocycles. The molecule has 1 amide bonds. The molecule has 0 saturated carbocycles. The molecular weight excluding hydrogens is 412 g/mol. The molecule has 0 radical (unpaired) electrons. The number of rotatable bonds is 6. The van der Waals surface area contributed by atoms with Crippen molar-refractivity contribution in [2.24, 2.45) is 0 Å². The van der Waals surface area contributed by atoms with Crippen LogP contribution in [0.1, 0.15) is 31.3 Å². The van der Waals surface area contributed by atoms with Crippen molar-refractivity contribution >= 4 is 34.8 Å². The van der Waals surface area contributed by atoms with Crippen molar-refractivity contribution in [2.75, 3.05) is 13.1 Å². The monoisotopic (exact) mass is 430 g/mol. The van der Waals surface area contributed by atoms with Crippen LogP contribution in [0.2, 0.25) is 0 Å². The number of nitrogens with zero attached hydrogens (tertiary/aromatic N) is 2. The van der Waals surface area contributed by atoms with E-state index in [0.29, 0.717) is 24.2 Å². The van der Waals surface area contributed by atoms with Crippen LogP contribution < -0.4 is 0 Å². The lowest BCUT2D eigenvalue weighted by molar-refractivity contribution is 0.0830. The largest absolute Gasteiger partial charge is 0.459 e. The van der Waals surface area contributed by atoms with Gasteiger partial charge in [0.05, 0.1) is 11.8 Å². The molecule has 6 nitrogen and oxygen atoms in total. The van der Waals surface area contributed by atoms with Gasteiger partial charge in [-0.1, -0.05) is 60.7 Å². The second-order valence-corrected chi connectivity index (χ2v) is 7.21. The van der Waals surface area contributed by atoms with Gasteiger partial charge in [-0.2, -0.15) is 0 Å². The fourth-order valence-corrected chi connectivity index (χ4v) is 3.58. The number of carbonyl (C=O) groups is 3. The third-order valence-electron chi connectivity index (χ3n) is 4.86. The summed E-state index contributed by atoms with van der Waals surface area (Å²) in [7, 11) is 0. The molecule has 2 aromatic carbocycles. The van der Waals surface area contributed by atoms with E-state index >= 15 is 0 Å². The molecule has 0 bridgehead atoms. The van der Waals surface area contributed by atoms with Crippen molar-refractivity contribution in [1.29, 1.82) is 0 Å². The van der Waals surface area contributed by atoms with E-state index in [1.807, 2.05) is 0 Å². The number of hydrogen-bond donors (Lipinski definition) is 0. The zero-order chi connectivity index (χ0) is 21.8. The molecule has 0 atom stereocenters. The summed E-state index contributed by atoms with van der Waals surface area (Å²) < 4.78 is 5.17. The molecule has 0 unspecified atom stereocenters. The molecule has 2 heterocycles. The molecule has 1 saturated heterocycles. The second kappa shape index (κ2) is 8.89. The predicted octanol–water partition coefficient (Wildman–Crippen LogP) is 3.97. The number of hydrogen-bond acceptors (Lipinski definition) is 5. The van der Waals surface area contributed by atoms with Gasteiger partial charge in [0.25, 0.3) is 5.91 Å². The fraction of sp³-hybridized carbons (Fsp3) is 0.0833. The Morgan fingerprint density at radius 3 is 1.90 bits per heavy atom. The highest BCUT2D eigenvalue weighted by Crippen LogP contribution is 2.20. The van der Waals surface area contributed by atoms with Crippen molar-refractivity contribution in [3.8, 4) is 0 Å². The molecule has 0 spiro atoms. The molecule has 0 N–H and O–H groups in total. The van der Waals surface area contributed by atoms with Crippen molar-refractivity contribution < 1.29 is 18.8 Å².